The number of hydrogen-bond donors (Lipinski definition) is 3. The van der Waals surface area contributed by atoms with Gasteiger partial charge >= 0.3 is 0 Å². The van der Waals surface area contributed by atoms with Crippen molar-refractivity contribution in [2.24, 2.45) is 5.73 Å². The highest BCUT2D eigenvalue weighted by Crippen LogP contribution is 2.26. The molecule has 0 aliphatic carbocycles. The van der Waals surface area contributed by atoms with Crippen molar-refractivity contribution in [3.63, 3.8) is 0 Å². The van der Waals surface area contributed by atoms with Crippen LogP contribution in [-0.4, -0.2) is 52.7 Å². The summed E-state index contributed by atoms with van der Waals surface area (Å²) < 4.78 is 0. The average molecular weight is 333 g/mol. The second-order valence-corrected chi connectivity index (χ2v) is 7.69. The molecule has 134 valence electrons. The van der Waals surface area contributed by atoms with Crippen molar-refractivity contribution in [3.05, 3.63) is 35.9 Å². The Kier molecular flexibility index (Phi) is 6.38. The SMILES string of the molecule is CC(C)(C)N1CCC[C@H]1C(=O)NC[C@@H](O)[C@H](N)Cc1ccccc1. The molecule has 1 heterocycles. The number of nitrogens with zero attached hydrogens (tertiary/aromatic N) is 1. The third kappa shape index (κ3) is 5.03. The van der Waals surface area contributed by atoms with Gasteiger partial charge in [-0.15, -0.1) is 0 Å². The van der Waals surface area contributed by atoms with E-state index in [9.17, 15) is 9.90 Å². The first-order chi connectivity index (χ1) is 11.3. The van der Waals surface area contributed by atoms with E-state index in [2.05, 4.69) is 31.0 Å². The van der Waals surface area contributed by atoms with Crippen LogP contribution in [0, 0.1) is 0 Å². The van der Waals surface area contributed by atoms with Gasteiger partial charge in [0.15, 0.2) is 0 Å². The predicted octanol–water partition coefficient (Wildman–Crippen LogP) is 1.30. The normalized spacial score (nSPS) is 21.5. The standard InChI is InChI=1S/C19H31N3O2/c1-19(2,3)22-11-7-10-16(22)18(24)21-13-17(23)15(20)12-14-8-5-4-6-9-14/h4-6,8-9,15-17,23H,7,10-13,20H2,1-3H3,(H,21,24)/t15-,16+,17-/m1/s1. The number of nitrogens with one attached hydrogen (secondary N) is 1. The highest BCUT2D eigenvalue weighted by atomic mass is 16.3. The number of carbonyl (C=O) groups is 1. The van der Waals surface area contributed by atoms with Crippen LogP contribution in [0.5, 0.6) is 0 Å². The molecule has 0 saturated carbocycles. The molecule has 1 aromatic rings. The maximum absolute atomic E-state index is 12.5. The lowest BCUT2D eigenvalue weighted by Gasteiger charge is -2.36. The lowest BCUT2D eigenvalue weighted by molar-refractivity contribution is -0.127. The maximum Gasteiger partial charge on any atom is 0.237 e. The van der Waals surface area contributed by atoms with Crippen molar-refractivity contribution < 1.29 is 9.90 Å². The van der Waals surface area contributed by atoms with Crippen molar-refractivity contribution in [1.82, 2.24) is 10.2 Å². The van der Waals surface area contributed by atoms with Crippen molar-refractivity contribution in [1.29, 1.82) is 0 Å². The summed E-state index contributed by atoms with van der Waals surface area (Å²) in [6, 6.07) is 9.34. The Labute approximate surface area is 145 Å². The molecule has 3 atom stereocenters. The third-order valence-corrected chi connectivity index (χ3v) is 4.71. The molecule has 1 saturated heterocycles. The monoisotopic (exact) mass is 333 g/mol. The van der Waals surface area contributed by atoms with Gasteiger partial charge in [0.25, 0.3) is 0 Å². The van der Waals surface area contributed by atoms with E-state index in [4.69, 9.17) is 5.73 Å². The Morgan fingerprint density at radius 3 is 2.67 bits per heavy atom. The number of nitrogens with two attached hydrogens (primary N) is 1. The summed E-state index contributed by atoms with van der Waals surface area (Å²) in [5, 5.41) is 13.1. The molecular formula is C19H31N3O2. The minimum atomic E-state index is -0.751. The fourth-order valence-corrected chi connectivity index (χ4v) is 3.34. The van der Waals surface area contributed by atoms with Crippen LogP contribution in [0.25, 0.3) is 0 Å². The fraction of sp³-hybridized carbons (Fsp3) is 0.632. The first-order valence-electron chi connectivity index (χ1n) is 8.81. The lowest BCUT2D eigenvalue weighted by atomic mass is 10.0. The van der Waals surface area contributed by atoms with Crippen LogP contribution in [0.15, 0.2) is 30.3 Å². The highest BCUT2D eigenvalue weighted by Gasteiger charge is 2.37. The summed E-state index contributed by atoms with van der Waals surface area (Å²) in [4.78, 5) is 14.7. The fourth-order valence-electron chi connectivity index (χ4n) is 3.34. The van der Waals surface area contributed by atoms with E-state index in [-0.39, 0.29) is 24.0 Å². The van der Waals surface area contributed by atoms with Crippen LogP contribution in [0.4, 0.5) is 0 Å². The molecule has 0 bridgehead atoms. The second-order valence-electron chi connectivity index (χ2n) is 7.69. The van der Waals surface area contributed by atoms with Crippen molar-refractivity contribution in [2.45, 2.75) is 63.8 Å². The molecule has 0 radical (unpaired) electrons. The van der Waals surface area contributed by atoms with Gasteiger partial charge in [-0.05, 0) is 52.1 Å². The highest BCUT2D eigenvalue weighted by molar-refractivity contribution is 5.82. The number of aliphatic hydroxyl groups excluding tert-OH is 1. The zero-order valence-electron chi connectivity index (χ0n) is 15.0. The van der Waals surface area contributed by atoms with Crippen molar-refractivity contribution in [3.8, 4) is 0 Å². The zero-order valence-corrected chi connectivity index (χ0v) is 15.0. The molecular weight excluding hydrogens is 302 g/mol. The molecule has 2 rings (SSSR count). The molecule has 0 unspecified atom stereocenters. The molecule has 5 nitrogen and oxygen atoms in total. The number of amides is 1. The Balaban J connectivity index is 1.82. The number of aliphatic hydroxyl groups is 1. The van der Waals surface area contributed by atoms with Crippen molar-refractivity contribution in [2.75, 3.05) is 13.1 Å². The largest absolute Gasteiger partial charge is 0.390 e. The number of benzene rings is 1. The van der Waals surface area contributed by atoms with Gasteiger partial charge in [-0.2, -0.15) is 0 Å². The quantitative estimate of drug-likeness (QED) is 0.733. The van der Waals surface area contributed by atoms with E-state index in [0.717, 1.165) is 24.9 Å². The Hall–Kier alpha value is -1.43. The molecule has 1 aliphatic heterocycles. The lowest BCUT2D eigenvalue weighted by Crippen LogP contribution is -2.53. The van der Waals surface area contributed by atoms with Crippen LogP contribution >= 0.6 is 0 Å². The summed E-state index contributed by atoms with van der Waals surface area (Å²) in [6.07, 6.45) is 1.74. The maximum atomic E-state index is 12.5. The first-order valence-corrected chi connectivity index (χ1v) is 8.81. The summed E-state index contributed by atoms with van der Waals surface area (Å²) in [5.41, 5.74) is 7.13. The molecule has 24 heavy (non-hydrogen) atoms. The third-order valence-electron chi connectivity index (χ3n) is 4.71. The summed E-state index contributed by atoms with van der Waals surface area (Å²) in [6.45, 7) is 7.52. The average Bonchev–Trinajstić information content (AvgIpc) is 3.03. The summed E-state index contributed by atoms with van der Waals surface area (Å²) >= 11 is 0. The Morgan fingerprint density at radius 1 is 1.38 bits per heavy atom. The van der Waals surface area contributed by atoms with E-state index in [1.54, 1.807) is 0 Å². The molecule has 0 aromatic heterocycles. The van der Waals surface area contributed by atoms with E-state index in [0.29, 0.717) is 6.42 Å². The zero-order chi connectivity index (χ0) is 17.7. The summed E-state index contributed by atoms with van der Waals surface area (Å²) in [7, 11) is 0. The van der Waals surface area contributed by atoms with Gasteiger partial charge in [0.1, 0.15) is 0 Å². The molecule has 5 heteroatoms. The van der Waals surface area contributed by atoms with Crippen LogP contribution in [-0.2, 0) is 11.2 Å². The number of likely N-dealkylation sites (tertiary alicyclic amines) is 1. The minimum Gasteiger partial charge on any atom is -0.390 e. The number of hydrogen-bond acceptors (Lipinski definition) is 4. The van der Waals surface area contributed by atoms with Crippen LogP contribution in [0.1, 0.15) is 39.2 Å². The molecule has 4 N–H and O–H groups in total. The van der Waals surface area contributed by atoms with E-state index < -0.39 is 12.1 Å². The van der Waals surface area contributed by atoms with E-state index >= 15 is 0 Å². The van der Waals surface area contributed by atoms with Crippen molar-refractivity contribution >= 4 is 5.91 Å². The van der Waals surface area contributed by atoms with Gasteiger partial charge in [0.05, 0.1) is 12.1 Å². The molecule has 1 fully saturated rings. The second kappa shape index (κ2) is 8.10. The molecule has 1 amide bonds. The van der Waals surface area contributed by atoms with Gasteiger partial charge in [-0.1, -0.05) is 30.3 Å². The van der Waals surface area contributed by atoms with Crippen LogP contribution in [0.3, 0.4) is 0 Å². The molecule has 1 aliphatic rings. The van der Waals surface area contributed by atoms with Gasteiger partial charge in [0.2, 0.25) is 5.91 Å². The van der Waals surface area contributed by atoms with Gasteiger partial charge in [0, 0.05) is 18.1 Å². The Morgan fingerprint density at radius 2 is 2.04 bits per heavy atom. The van der Waals surface area contributed by atoms with Gasteiger partial charge in [-0.3, -0.25) is 9.69 Å². The van der Waals surface area contributed by atoms with E-state index in [1.165, 1.54) is 0 Å². The van der Waals surface area contributed by atoms with E-state index in [1.807, 2.05) is 30.3 Å². The molecule has 0 spiro atoms. The first kappa shape index (κ1) is 18.9. The predicted molar refractivity (Wildman–Crippen MR) is 96.6 cm³/mol. The Bertz CT molecular complexity index is 527. The number of carbonyl (C=O) groups excluding carboxylic acids is 1. The topological polar surface area (TPSA) is 78.6 Å². The van der Waals surface area contributed by atoms with Gasteiger partial charge in [-0.25, -0.2) is 0 Å². The van der Waals surface area contributed by atoms with Crippen LogP contribution < -0.4 is 11.1 Å². The minimum absolute atomic E-state index is 0.00612. The molecule has 1 aromatic carbocycles. The smallest absolute Gasteiger partial charge is 0.237 e. The van der Waals surface area contributed by atoms with Gasteiger partial charge < -0.3 is 16.2 Å². The van der Waals surface area contributed by atoms with Crippen LogP contribution in [0.2, 0.25) is 0 Å². The number of rotatable bonds is 6. The summed E-state index contributed by atoms with van der Waals surface area (Å²) in [5.74, 6) is -0.00612.